The van der Waals surface area contributed by atoms with E-state index in [-0.39, 0.29) is 11.8 Å². The summed E-state index contributed by atoms with van der Waals surface area (Å²) in [4.78, 5) is 11.9. The van der Waals surface area contributed by atoms with Gasteiger partial charge in [0.05, 0.1) is 17.2 Å². The highest BCUT2D eigenvalue weighted by Crippen LogP contribution is 2.44. The van der Waals surface area contributed by atoms with Crippen LogP contribution in [0.1, 0.15) is 62.6 Å². The van der Waals surface area contributed by atoms with E-state index in [0.29, 0.717) is 24.3 Å². The van der Waals surface area contributed by atoms with Gasteiger partial charge in [-0.3, -0.25) is 9.89 Å². The highest BCUT2D eigenvalue weighted by atomic mass is 19.2. The van der Waals surface area contributed by atoms with E-state index in [1.54, 1.807) is 12.3 Å². The van der Waals surface area contributed by atoms with E-state index >= 15 is 0 Å². The van der Waals surface area contributed by atoms with Crippen LogP contribution < -0.4 is 0 Å². The van der Waals surface area contributed by atoms with E-state index in [1.807, 2.05) is 0 Å². The van der Waals surface area contributed by atoms with E-state index in [2.05, 4.69) is 40.7 Å². The third-order valence-electron chi connectivity index (χ3n) is 6.26. The van der Waals surface area contributed by atoms with Crippen molar-refractivity contribution in [1.29, 1.82) is 0 Å². The molecule has 0 amide bonds. The molecule has 1 fully saturated rings. The van der Waals surface area contributed by atoms with E-state index in [0.717, 1.165) is 40.3 Å². The van der Waals surface area contributed by atoms with Crippen molar-refractivity contribution in [2.45, 2.75) is 51.4 Å². The molecule has 0 radical (unpaired) electrons. The monoisotopic (exact) mass is 407 g/mol. The van der Waals surface area contributed by atoms with Crippen molar-refractivity contribution >= 4 is 27.6 Å². The van der Waals surface area contributed by atoms with Crippen LogP contribution in [0.25, 0.3) is 27.5 Å². The predicted molar refractivity (Wildman–Crippen MR) is 113 cm³/mol. The molecule has 5 rings (SSSR count). The van der Waals surface area contributed by atoms with Gasteiger partial charge in [-0.2, -0.15) is 5.10 Å². The van der Waals surface area contributed by atoms with E-state index in [9.17, 15) is 13.6 Å². The molecule has 0 atom stereocenters. The Labute approximate surface area is 172 Å². The molecule has 1 aliphatic rings. The zero-order valence-corrected chi connectivity index (χ0v) is 17.0. The topological polar surface area (TPSA) is 50.7 Å². The van der Waals surface area contributed by atoms with Crippen LogP contribution in [-0.4, -0.2) is 20.5 Å². The summed E-state index contributed by atoms with van der Waals surface area (Å²) >= 11 is 0. The Hall–Kier alpha value is -3.02. The van der Waals surface area contributed by atoms with Gasteiger partial charge < -0.3 is 4.57 Å². The maximum Gasteiger partial charge on any atom is 0.160 e. The second-order valence-electron chi connectivity index (χ2n) is 8.53. The first-order valence-corrected chi connectivity index (χ1v) is 10.4. The molecule has 0 bridgehead atoms. The quantitative estimate of drug-likeness (QED) is 0.444. The second-order valence-corrected chi connectivity index (χ2v) is 8.53. The SMILES string of the molecule is CC(C)c1c(C2CCC(=O)CC2)c2cc3[nH]ncc3cc2n1-c1ccc(F)c(F)c1. The van der Waals surface area contributed by atoms with E-state index < -0.39 is 11.6 Å². The number of aromatic amines is 1. The molecule has 0 spiro atoms. The number of carbonyl (C=O) groups excluding carboxylic acids is 1. The van der Waals surface area contributed by atoms with E-state index in [1.165, 1.54) is 17.7 Å². The third-order valence-corrected chi connectivity index (χ3v) is 6.26. The number of aromatic nitrogens is 3. The molecular formula is C24H23F2N3O. The second kappa shape index (κ2) is 7.04. The number of hydrogen-bond donors (Lipinski definition) is 1. The molecule has 1 saturated carbocycles. The van der Waals surface area contributed by atoms with Gasteiger partial charge in [-0.1, -0.05) is 13.8 Å². The molecule has 0 aliphatic heterocycles. The van der Waals surface area contributed by atoms with Gasteiger partial charge in [-0.05, 0) is 54.5 Å². The highest BCUT2D eigenvalue weighted by Gasteiger charge is 2.29. The van der Waals surface area contributed by atoms with Crippen molar-refractivity contribution in [2.24, 2.45) is 0 Å². The first-order chi connectivity index (χ1) is 14.4. The standard InChI is InChI=1S/C24H23F2N3O/c1-13(2)24-23(14-3-6-17(30)7-4-14)18-11-21-15(12-27-28-21)9-22(18)29(24)16-5-8-19(25)20(26)10-16/h5,8-14H,3-4,6-7H2,1-2H3,(H,27,28). The van der Waals surface area contributed by atoms with Crippen LogP contribution in [0.5, 0.6) is 0 Å². The zero-order chi connectivity index (χ0) is 21.0. The Balaban J connectivity index is 1.86. The van der Waals surface area contributed by atoms with Crippen molar-refractivity contribution in [3.63, 3.8) is 0 Å². The molecule has 2 aromatic carbocycles. The fourth-order valence-electron chi connectivity index (χ4n) is 4.90. The van der Waals surface area contributed by atoms with Gasteiger partial charge in [0, 0.05) is 41.1 Å². The minimum absolute atomic E-state index is 0.162. The van der Waals surface area contributed by atoms with Crippen molar-refractivity contribution in [3.05, 3.63) is 59.4 Å². The maximum atomic E-state index is 14.2. The number of ketones is 1. The van der Waals surface area contributed by atoms with Crippen molar-refractivity contribution < 1.29 is 13.6 Å². The lowest BCUT2D eigenvalue weighted by Crippen LogP contribution is -2.14. The lowest BCUT2D eigenvalue weighted by atomic mass is 9.81. The van der Waals surface area contributed by atoms with Crippen LogP contribution in [0.4, 0.5) is 8.78 Å². The van der Waals surface area contributed by atoms with E-state index in [4.69, 9.17) is 0 Å². The number of nitrogens with zero attached hydrogens (tertiary/aromatic N) is 2. The lowest BCUT2D eigenvalue weighted by Gasteiger charge is -2.24. The minimum Gasteiger partial charge on any atom is -0.313 e. The molecule has 30 heavy (non-hydrogen) atoms. The molecule has 2 heterocycles. The Bertz CT molecular complexity index is 1270. The van der Waals surface area contributed by atoms with Crippen LogP contribution >= 0.6 is 0 Å². The van der Waals surface area contributed by atoms with Gasteiger partial charge in [0.1, 0.15) is 5.78 Å². The summed E-state index contributed by atoms with van der Waals surface area (Å²) in [5.41, 5.74) is 4.80. The Morgan fingerprint density at radius 3 is 2.57 bits per heavy atom. The Morgan fingerprint density at radius 1 is 1.10 bits per heavy atom. The lowest BCUT2D eigenvalue weighted by molar-refractivity contribution is -0.120. The summed E-state index contributed by atoms with van der Waals surface area (Å²) in [5, 5.41) is 9.24. The van der Waals surface area contributed by atoms with Gasteiger partial charge in [-0.25, -0.2) is 8.78 Å². The molecule has 1 N–H and O–H groups in total. The average molecular weight is 407 g/mol. The van der Waals surface area contributed by atoms with Crippen LogP contribution in [0.15, 0.2) is 36.5 Å². The van der Waals surface area contributed by atoms with Crippen LogP contribution in [-0.2, 0) is 4.79 Å². The van der Waals surface area contributed by atoms with Gasteiger partial charge in [-0.15, -0.1) is 0 Å². The smallest absolute Gasteiger partial charge is 0.160 e. The highest BCUT2D eigenvalue weighted by molar-refractivity contribution is 5.99. The zero-order valence-electron chi connectivity index (χ0n) is 17.0. The van der Waals surface area contributed by atoms with Gasteiger partial charge in [0.15, 0.2) is 11.6 Å². The van der Waals surface area contributed by atoms with Gasteiger partial charge in [0.25, 0.3) is 0 Å². The summed E-state index contributed by atoms with van der Waals surface area (Å²) in [6, 6.07) is 8.21. The number of benzene rings is 2. The molecule has 2 aromatic heterocycles. The first kappa shape index (κ1) is 19.0. The number of halogens is 2. The summed E-state index contributed by atoms with van der Waals surface area (Å²) < 4.78 is 29.9. The molecule has 0 unspecified atom stereocenters. The van der Waals surface area contributed by atoms with Crippen molar-refractivity contribution in [3.8, 4) is 5.69 Å². The Kier molecular flexibility index (Phi) is 4.45. The third kappa shape index (κ3) is 2.93. The van der Waals surface area contributed by atoms with Crippen molar-refractivity contribution in [2.75, 3.05) is 0 Å². The molecular weight excluding hydrogens is 384 g/mol. The molecule has 6 heteroatoms. The summed E-state index contributed by atoms with van der Waals surface area (Å²) in [6.45, 7) is 4.24. The first-order valence-electron chi connectivity index (χ1n) is 10.4. The average Bonchev–Trinajstić information content (AvgIpc) is 3.31. The summed E-state index contributed by atoms with van der Waals surface area (Å²) in [5.74, 6) is -0.982. The fraction of sp³-hybridized carbons (Fsp3) is 0.333. The normalized spacial score (nSPS) is 15.7. The number of hydrogen-bond acceptors (Lipinski definition) is 2. The molecule has 1 aliphatic carbocycles. The maximum absolute atomic E-state index is 14.2. The molecule has 4 aromatic rings. The predicted octanol–water partition coefficient (Wildman–Crippen LogP) is 6.14. The molecule has 4 nitrogen and oxygen atoms in total. The number of carbonyl (C=O) groups is 1. The van der Waals surface area contributed by atoms with Crippen LogP contribution in [0.3, 0.4) is 0 Å². The largest absolute Gasteiger partial charge is 0.313 e. The number of rotatable bonds is 3. The van der Waals surface area contributed by atoms with Gasteiger partial charge >= 0.3 is 0 Å². The number of Topliss-reactive ketones (excluding diaryl/α,β-unsaturated/α-hetero) is 1. The number of nitrogens with one attached hydrogen (secondary N) is 1. The Morgan fingerprint density at radius 2 is 1.87 bits per heavy atom. The summed E-state index contributed by atoms with van der Waals surface area (Å²) in [7, 11) is 0. The van der Waals surface area contributed by atoms with Crippen LogP contribution in [0, 0.1) is 11.6 Å². The van der Waals surface area contributed by atoms with Gasteiger partial charge in [0.2, 0.25) is 0 Å². The molecule has 154 valence electrons. The fourth-order valence-corrected chi connectivity index (χ4v) is 4.90. The summed E-state index contributed by atoms with van der Waals surface area (Å²) in [6.07, 6.45) is 4.58. The van der Waals surface area contributed by atoms with Crippen LogP contribution in [0.2, 0.25) is 0 Å². The van der Waals surface area contributed by atoms with Crippen molar-refractivity contribution in [1.82, 2.24) is 14.8 Å². The molecule has 0 saturated heterocycles. The minimum atomic E-state index is -0.863. The number of fused-ring (bicyclic) bond motifs is 2. The number of H-pyrrole nitrogens is 1.